The topological polar surface area (TPSA) is 78.9 Å². The van der Waals surface area contributed by atoms with E-state index in [2.05, 4.69) is 20.3 Å². The maximum Gasteiger partial charge on any atom is 0.464 e. The molecular formula is C8H5F2N5O. The second-order valence-electron chi connectivity index (χ2n) is 3.26. The van der Waals surface area contributed by atoms with Crippen LogP contribution in [0.25, 0.3) is 5.69 Å². The summed E-state index contributed by atoms with van der Waals surface area (Å²) in [4.78, 5) is 0. The quantitative estimate of drug-likeness (QED) is 0.667. The largest absolute Gasteiger partial charge is 0.464 e. The molecule has 0 saturated heterocycles. The Hall–Kier alpha value is -2.25. The van der Waals surface area contributed by atoms with Crippen molar-refractivity contribution in [1.29, 1.82) is 0 Å². The minimum atomic E-state index is -3.54. The van der Waals surface area contributed by atoms with Gasteiger partial charge in [-0.25, -0.2) is 0 Å². The second-order valence-corrected chi connectivity index (χ2v) is 3.26. The fraction of sp³-hybridized carbons (Fsp3) is 0.125. The van der Waals surface area contributed by atoms with Crippen LogP contribution in [0.1, 0.15) is 5.82 Å². The number of halogens is 2. The van der Waals surface area contributed by atoms with Gasteiger partial charge in [-0.05, 0) is 28.6 Å². The van der Waals surface area contributed by atoms with Crippen molar-refractivity contribution in [2.75, 3.05) is 5.73 Å². The molecule has 8 heteroatoms. The van der Waals surface area contributed by atoms with Gasteiger partial charge in [0, 0.05) is 5.69 Å². The molecule has 0 radical (unpaired) electrons. The summed E-state index contributed by atoms with van der Waals surface area (Å²) in [7, 11) is 0. The van der Waals surface area contributed by atoms with E-state index in [4.69, 9.17) is 5.73 Å². The van der Waals surface area contributed by atoms with E-state index in [1.165, 1.54) is 18.2 Å². The Balaban J connectivity index is 2.31. The first kappa shape index (κ1) is 9.01. The fourth-order valence-electron chi connectivity index (χ4n) is 1.50. The number of nitrogens with zero attached hydrogens (tertiary/aromatic N) is 4. The first-order valence-corrected chi connectivity index (χ1v) is 4.33. The average Bonchev–Trinajstić information content (AvgIpc) is 2.69. The van der Waals surface area contributed by atoms with Crippen LogP contribution in [0.2, 0.25) is 0 Å². The number of ether oxygens (including phenoxy) is 1. The van der Waals surface area contributed by atoms with Crippen molar-refractivity contribution in [3.63, 3.8) is 0 Å². The molecule has 2 heterocycles. The van der Waals surface area contributed by atoms with Gasteiger partial charge in [-0.3, -0.25) is 0 Å². The second kappa shape index (κ2) is 2.65. The number of hydrogen-bond acceptors (Lipinski definition) is 5. The molecule has 1 aromatic carbocycles. The third kappa shape index (κ3) is 1.06. The number of nitrogen functional groups attached to an aromatic ring is 1. The Morgan fingerprint density at radius 1 is 1.38 bits per heavy atom. The Bertz CT molecular complexity index is 567. The lowest BCUT2D eigenvalue weighted by Crippen LogP contribution is -2.31. The highest BCUT2D eigenvalue weighted by molar-refractivity contribution is 5.57. The maximum absolute atomic E-state index is 13.4. The number of nitrogens with two attached hydrogens (primary N) is 1. The Morgan fingerprint density at radius 2 is 2.19 bits per heavy atom. The molecule has 3 rings (SSSR count). The molecule has 6 nitrogen and oxygen atoms in total. The molecule has 0 fully saturated rings. The monoisotopic (exact) mass is 225 g/mol. The maximum atomic E-state index is 13.4. The number of hydrogen-bond donors (Lipinski definition) is 1. The number of alkyl halides is 2. The highest BCUT2D eigenvalue weighted by Gasteiger charge is 2.46. The Morgan fingerprint density at radius 3 is 3.00 bits per heavy atom. The highest BCUT2D eigenvalue weighted by atomic mass is 19.3. The fourth-order valence-corrected chi connectivity index (χ4v) is 1.50. The van der Waals surface area contributed by atoms with Gasteiger partial charge in [-0.2, -0.15) is 13.5 Å². The highest BCUT2D eigenvalue weighted by Crippen LogP contribution is 2.39. The summed E-state index contributed by atoms with van der Waals surface area (Å²) in [5.41, 5.74) is 6.26. The molecule has 1 aliphatic heterocycles. The molecule has 0 bridgehead atoms. The van der Waals surface area contributed by atoms with Crippen molar-refractivity contribution in [3.05, 3.63) is 24.0 Å². The molecule has 0 atom stereocenters. The number of rotatable bonds is 0. The first-order valence-electron chi connectivity index (χ1n) is 4.33. The van der Waals surface area contributed by atoms with Gasteiger partial charge in [0.1, 0.15) is 5.69 Å². The van der Waals surface area contributed by atoms with Gasteiger partial charge in [0.05, 0.1) is 0 Å². The predicted octanol–water partition coefficient (Wildman–Crippen LogP) is 0.686. The SMILES string of the molecule is Nc1ccc2c(c1)-n1nnnc1C(F)(F)O2. The molecule has 0 unspecified atom stereocenters. The van der Waals surface area contributed by atoms with Crippen LogP contribution in [0, 0.1) is 0 Å². The van der Waals surface area contributed by atoms with Crippen LogP contribution in [0.3, 0.4) is 0 Å². The van der Waals surface area contributed by atoms with Crippen LogP contribution in [-0.2, 0) is 6.11 Å². The lowest BCUT2D eigenvalue weighted by atomic mass is 10.2. The Kier molecular flexibility index (Phi) is 1.50. The van der Waals surface area contributed by atoms with Crippen LogP contribution in [0.4, 0.5) is 14.5 Å². The van der Waals surface area contributed by atoms with Crippen molar-refractivity contribution in [3.8, 4) is 11.4 Å². The van der Waals surface area contributed by atoms with E-state index in [0.717, 1.165) is 4.68 Å². The summed E-state index contributed by atoms with van der Waals surface area (Å²) < 4.78 is 32.2. The van der Waals surface area contributed by atoms with Crippen LogP contribution in [0.5, 0.6) is 5.75 Å². The summed E-state index contributed by atoms with van der Waals surface area (Å²) >= 11 is 0. The smallest absolute Gasteiger partial charge is 0.424 e. The molecule has 0 aliphatic carbocycles. The number of tetrazole rings is 1. The minimum Gasteiger partial charge on any atom is -0.424 e. The van der Waals surface area contributed by atoms with Crippen molar-refractivity contribution in [1.82, 2.24) is 20.2 Å². The predicted molar refractivity (Wildman–Crippen MR) is 48.1 cm³/mol. The van der Waals surface area contributed by atoms with Crippen molar-refractivity contribution >= 4 is 5.69 Å². The zero-order chi connectivity index (χ0) is 11.3. The lowest BCUT2D eigenvalue weighted by Gasteiger charge is -2.23. The van der Waals surface area contributed by atoms with Gasteiger partial charge in [0.2, 0.25) is 0 Å². The van der Waals surface area contributed by atoms with Crippen LogP contribution in [0.15, 0.2) is 18.2 Å². The molecule has 1 aromatic heterocycles. The van der Waals surface area contributed by atoms with Gasteiger partial charge in [0.15, 0.2) is 5.75 Å². The average molecular weight is 225 g/mol. The molecule has 2 N–H and O–H groups in total. The number of fused-ring (bicyclic) bond motifs is 3. The standard InChI is InChI=1S/C8H5F2N5O/c9-8(10)7-12-13-14-15(7)5-3-4(11)1-2-6(5)16-8/h1-3H,11H2. The van der Waals surface area contributed by atoms with E-state index in [1.807, 2.05) is 0 Å². The molecular weight excluding hydrogens is 220 g/mol. The zero-order valence-electron chi connectivity index (χ0n) is 7.76. The van der Waals surface area contributed by atoms with Crippen LogP contribution >= 0.6 is 0 Å². The number of benzene rings is 1. The van der Waals surface area contributed by atoms with Gasteiger partial charge in [0.25, 0.3) is 5.82 Å². The van der Waals surface area contributed by atoms with E-state index in [0.29, 0.717) is 11.4 Å². The van der Waals surface area contributed by atoms with Gasteiger partial charge in [-0.15, -0.1) is 5.10 Å². The summed E-state index contributed by atoms with van der Waals surface area (Å²) in [6, 6.07) is 4.28. The van der Waals surface area contributed by atoms with Crippen molar-refractivity contribution in [2.45, 2.75) is 6.11 Å². The van der Waals surface area contributed by atoms with Gasteiger partial charge >= 0.3 is 6.11 Å². The lowest BCUT2D eigenvalue weighted by molar-refractivity contribution is -0.197. The van der Waals surface area contributed by atoms with E-state index < -0.39 is 11.9 Å². The Labute approximate surface area is 87.6 Å². The summed E-state index contributed by atoms with van der Waals surface area (Å²) in [5, 5.41) is 9.89. The third-order valence-electron chi connectivity index (χ3n) is 2.18. The zero-order valence-corrected chi connectivity index (χ0v) is 7.76. The first-order chi connectivity index (χ1) is 7.58. The summed E-state index contributed by atoms with van der Waals surface area (Å²) in [6.45, 7) is 0. The van der Waals surface area contributed by atoms with E-state index in [-0.39, 0.29) is 5.75 Å². The molecule has 0 amide bonds. The molecule has 1 aliphatic rings. The number of anilines is 1. The van der Waals surface area contributed by atoms with E-state index in [9.17, 15) is 8.78 Å². The van der Waals surface area contributed by atoms with Crippen LogP contribution < -0.4 is 10.5 Å². The molecule has 16 heavy (non-hydrogen) atoms. The van der Waals surface area contributed by atoms with E-state index in [1.54, 1.807) is 0 Å². The van der Waals surface area contributed by atoms with Gasteiger partial charge < -0.3 is 10.5 Å². The summed E-state index contributed by atoms with van der Waals surface area (Å²) in [6.07, 6.45) is -3.54. The number of aromatic nitrogens is 4. The molecule has 0 saturated carbocycles. The molecule has 0 spiro atoms. The van der Waals surface area contributed by atoms with Crippen molar-refractivity contribution in [2.24, 2.45) is 0 Å². The normalized spacial score (nSPS) is 16.1. The minimum absolute atomic E-state index is 0.0148. The van der Waals surface area contributed by atoms with Gasteiger partial charge in [-0.1, -0.05) is 0 Å². The molecule has 82 valence electrons. The summed E-state index contributed by atoms with van der Waals surface area (Å²) in [5.74, 6) is -0.676. The molecule has 2 aromatic rings. The third-order valence-corrected chi connectivity index (χ3v) is 2.18. The van der Waals surface area contributed by atoms with Crippen molar-refractivity contribution < 1.29 is 13.5 Å². The van der Waals surface area contributed by atoms with E-state index >= 15 is 0 Å². The van der Waals surface area contributed by atoms with Crippen LogP contribution in [-0.4, -0.2) is 20.2 Å².